The van der Waals surface area contributed by atoms with Gasteiger partial charge in [0.25, 0.3) is 0 Å². The molecule has 1 aliphatic rings. The first-order valence-electron chi connectivity index (χ1n) is 9.12. The zero-order chi connectivity index (χ0) is 20.7. The van der Waals surface area contributed by atoms with Crippen molar-refractivity contribution in [1.29, 1.82) is 0 Å². The van der Waals surface area contributed by atoms with Crippen molar-refractivity contribution in [3.8, 4) is 0 Å². The summed E-state index contributed by atoms with van der Waals surface area (Å²) >= 11 is 0. The lowest BCUT2D eigenvalue weighted by Gasteiger charge is -2.46. The molecule has 0 spiro atoms. The fourth-order valence-corrected chi connectivity index (χ4v) is 35.6. The zero-order valence-electron chi connectivity index (χ0n) is 18.4. The van der Waals surface area contributed by atoms with Gasteiger partial charge in [-0.1, -0.05) is 6.08 Å². The van der Waals surface area contributed by atoms with E-state index in [1.54, 1.807) is 0 Å². The van der Waals surface area contributed by atoms with Crippen LogP contribution >= 0.6 is 0 Å². The van der Waals surface area contributed by atoms with Crippen LogP contribution in [0.2, 0.25) is 78.1 Å². The molecular formula is C14H38O6Si6. The van der Waals surface area contributed by atoms with Crippen molar-refractivity contribution in [1.82, 2.24) is 0 Å². The molecule has 0 unspecified atom stereocenters. The van der Waals surface area contributed by atoms with Crippen LogP contribution in [0.4, 0.5) is 0 Å². The highest BCUT2D eigenvalue weighted by Crippen LogP contribution is 2.32. The molecule has 26 heavy (non-hydrogen) atoms. The van der Waals surface area contributed by atoms with E-state index in [4.69, 9.17) is 24.7 Å². The van der Waals surface area contributed by atoms with Gasteiger partial charge in [-0.05, 0) is 72.0 Å². The third-order valence-electron chi connectivity index (χ3n) is 3.40. The Morgan fingerprint density at radius 2 is 0.731 bits per heavy atom. The maximum Gasteiger partial charge on any atom is 0.321 e. The van der Waals surface area contributed by atoms with Gasteiger partial charge in [0.05, 0.1) is 0 Å². The van der Waals surface area contributed by atoms with Crippen molar-refractivity contribution >= 4 is 51.4 Å². The minimum atomic E-state index is -2.54. The van der Waals surface area contributed by atoms with Crippen molar-refractivity contribution in [2.75, 3.05) is 0 Å². The molecule has 1 fully saturated rings. The lowest BCUT2D eigenvalue weighted by atomic mass is 10.8. The highest BCUT2D eigenvalue weighted by molar-refractivity contribution is 6.93. The second-order valence-electron chi connectivity index (χ2n) is 9.24. The maximum atomic E-state index is 6.61. The number of rotatable bonds is 2. The van der Waals surface area contributed by atoms with Gasteiger partial charge in [-0.15, -0.1) is 6.58 Å². The Labute approximate surface area is 166 Å². The third-order valence-corrected chi connectivity index (χ3v) is 27.6. The van der Waals surface area contributed by atoms with Crippen LogP contribution in [0.3, 0.4) is 0 Å². The van der Waals surface area contributed by atoms with Gasteiger partial charge < -0.3 is 24.7 Å². The molecule has 1 heterocycles. The van der Waals surface area contributed by atoms with E-state index in [0.717, 1.165) is 0 Å². The molecule has 1 saturated heterocycles. The van der Waals surface area contributed by atoms with Crippen molar-refractivity contribution in [3.63, 3.8) is 0 Å². The molecule has 154 valence electrons. The van der Waals surface area contributed by atoms with Crippen molar-refractivity contribution in [3.05, 3.63) is 12.7 Å². The molecule has 12 heteroatoms. The first-order valence-corrected chi connectivity index (χ1v) is 25.7. The molecule has 0 aliphatic carbocycles. The number of allylic oxidation sites excluding steroid dienone is 1. The molecule has 0 radical (unpaired) electrons. The summed E-state index contributed by atoms with van der Waals surface area (Å²) in [5.41, 5.74) is 0. The highest BCUT2D eigenvalue weighted by atomic mass is 28.5. The lowest BCUT2D eigenvalue weighted by Crippen LogP contribution is -2.64. The average molecular weight is 471 g/mol. The Balaban J connectivity index is 3.34. The Kier molecular flexibility index (Phi) is 7.55. The van der Waals surface area contributed by atoms with Gasteiger partial charge >= 0.3 is 51.4 Å². The van der Waals surface area contributed by atoms with E-state index < -0.39 is 51.4 Å². The SMILES string of the molecule is C=CC[Si]1(C)O[Si](C)(C)O[Si](C)(C)O[Si](C)(C)O[Si](C)(C)O[Si](C)(C)O1. The van der Waals surface area contributed by atoms with Crippen molar-refractivity contribution in [2.24, 2.45) is 0 Å². The molecule has 0 atom stereocenters. The Hall–Kier alpha value is 0.801. The van der Waals surface area contributed by atoms with Crippen molar-refractivity contribution < 1.29 is 24.7 Å². The lowest BCUT2D eigenvalue weighted by molar-refractivity contribution is 0.238. The van der Waals surface area contributed by atoms with Gasteiger partial charge in [0, 0.05) is 6.04 Å². The molecule has 0 bridgehead atoms. The molecule has 0 aromatic rings. The van der Waals surface area contributed by atoms with E-state index in [0.29, 0.717) is 6.04 Å². The summed E-state index contributed by atoms with van der Waals surface area (Å²) in [5, 5.41) is 0. The molecule has 0 aromatic carbocycles. The minimum absolute atomic E-state index is 0.693. The molecule has 1 aliphatic heterocycles. The highest BCUT2D eigenvalue weighted by Gasteiger charge is 2.52. The predicted octanol–water partition coefficient (Wildman–Crippen LogP) is 4.87. The first-order chi connectivity index (χ1) is 11.3. The molecule has 0 N–H and O–H groups in total. The average Bonchev–Trinajstić information content (AvgIpc) is 2.15. The van der Waals surface area contributed by atoms with E-state index in [9.17, 15) is 0 Å². The summed E-state index contributed by atoms with van der Waals surface area (Å²) in [7, 11) is -14.7. The summed E-state index contributed by atoms with van der Waals surface area (Å²) in [4.78, 5) is 0. The fraction of sp³-hybridized carbons (Fsp3) is 0.857. The van der Waals surface area contributed by atoms with Crippen LogP contribution in [-0.2, 0) is 24.7 Å². The van der Waals surface area contributed by atoms with Crippen LogP contribution < -0.4 is 0 Å². The maximum absolute atomic E-state index is 6.61. The molecular weight excluding hydrogens is 433 g/mol. The minimum Gasteiger partial charge on any atom is -0.416 e. The van der Waals surface area contributed by atoms with Crippen LogP contribution in [0, 0.1) is 0 Å². The van der Waals surface area contributed by atoms with Crippen LogP contribution in [0.1, 0.15) is 0 Å². The Morgan fingerprint density at radius 1 is 0.500 bits per heavy atom. The molecule has 6 nitrogen and oxygen atoms in total. The van der Waals surface area contributed by atoms with Gasteiger partial charge in [-0.2, -0.15) is 0 Å². The van der Waals surface area contributed by atoms with Crippen LogP contribution in [0.15, 0.2) is 12.7 Å². The molecule has 0 amide bonds. The molecule has 0 aromatic heterocycles. The predicted molar refractivity (Wildman–Crippen MR) is 121 cm³/mol. The van der Waals surface area contributed by atoms with Gasteiger partial charge in [0.1, 0.15) is 0 Å². The molecule has 1 rings (SSSR count). The molecule has 0 saturated carbocycles. The van der Waals surface area contributed by atoms with Gasteiger partial charge in [0.2, 0.25) is 0 Å². The standard InChI is InChI=1S/C14H38O6Si6/c1-13-14-26(12)19-24(8,9)17-22(4,5)15-21(2,3)16-23(6,7)18-25(10,11)20-26/h13H,1,14H2,2-12H3. The summed E-state index contributed by atoms with van der Waals surface area (Å²) in [6, 6.07) is 0.693. The monoisotopic (exact) mass is 470 g/mol. The van der Waals surface area contributed by atoms with Crippen LogP contribution in [0.25, 0.3) is 0 Å². The van der Waals surface area contributed by atoms with E-state index in [-0.39, 0.29) is 0 Å². The largest absolute Gasteiger partial charge is 0.416 e. The normalized spacial score (nSPS) is 29.8. The van der Waals surface area contributed by atoms with Crippen LogP contribution in [-0.4, -0.2) is 51.4 Å². The number of hydrogen-bond acceptors (Lipinski definition) is 6. The Bertz CT molecular complexity index is 486. The summed E-state index contributed by atoms with van der Waals surface area (Å²) < 4.78 is 39.2. The van der Waals surface area contributed by atoms with E-state index in [1.165, 1.54) is 0 Å². The van der Waals surface area contributed by atoms with Gasteiger partial charge in [0.15, 0.2) is 0 Å². The van der Waals surface area contributed by atoms with Gasteiger partial charge in [-0.3, -0.25) is 0 Å². The number of hydrogen-bond donors (Lipinski definition) is 0. The van der Waals surface area contributed by atoms with Crippen LogP contribution in [0.5, 0.6) is 0 Å². The fourth-order valence-electron chi connectivity index (χ4n) is 3.88. The van der Waals surface area contributed by atoms with E-state index in [2.05, 4.69) is 78.6 Å². The second kappa shape index (κ2) is 7.91. The van der Waals surface area contributed by atoms with Crippen molar-refractivity contribution in [2.45, 2.75) is 78.1 Å². The Morgan fingerprint density at radius 3 is 0.962 bits per heavy atom. The second-order valence-corrected chi connectivity index (χ2v) is 30.8. The van der Waals surface area contributed by atoms with E-state index in [1.807, 2.05) is 6.08 Å². The van der Waals surface area contributed by atoms with E-state index >= 15 is 0 Å². The van der Waals surface area contributed by atoms with Gasteiger partial charge in [-0.25, -0.2) is 0 Å². The quantitative estimate of drug-likeness (QED) is 0.424. The summed E-state index contributed by atoms with van der Waals surface area (Å²) in [6.07, 6.45) is 1.88. The summed E-state index contributed by atoms with van der Waals surface area (Å²) in [6.45, 7) is 26.6. The first kappa shape index (κ1) is 24.8. The smallest absolute Gasteiger partial charge is 0.321 e. The topological polar surface area (TPSA) is 55.4 Å². The third kappa shape index (κ3) is 8.44. The summed E-state index contributed by atoms with van der Waals surface area (Å²) in [5.74, 6) is 0. The zero-order valence-corrected chi connectivity index (χ0v) is 24.4.